The summed E-state index contributed by atoms with van der Waals surface area (Å²) in [6, 6.07) is 14.9. The molecule has 2 aromatic carbocycles. The van der Waals surface area contributed by atoms with E-state index in [1.165, 1.54) is 17.1 Å². The highest BCUT2D eigenvalue weighted by molar-refractivity contribution is 8.19. The van der Waals surface area contributed by atoms with Crippen LogP contribution in [0.15, 0.2) is 48.5 Å². The molecule has 0 aliphatic carbocycles. The van der Waals surface area contributed by atoms with E-state index in [1.807, 2.05) is 47.8 Å². The van der Waals surface area contributed by atoms with Crippen molar-refractivity contribution in [2.75, 3.05) is 29.5 Å². The standard InChI is InChI=1S/C21H25N3O2S2/c1-3-24(4-2)18-11-9-16(10-12-18)20(26)23-22-19(25)15-5-7-17(8-6-15)21-27-13-14-28-21/h5-12,21H,3-4,13-14H2,1-2H3,(H,22,25)(H,23,26). The molecule has 5 nitrogen and oxygen atoms in total. The molecule has 0 radical (unpaired) electrons. The quantitative estimate of drug-likeness (QED) is 0.696. The highest BCUT2D eigenvalue weighted by atomic mass is 32.2. The van der Waals surface area contributed by atoms with Crippen molar-refractivity contribution >= 4 is 41.0 Å². The van der Waals surface area contributed by atoms with Gasteiger partial charge in [-0.15, -0.1) is 23.5 Å². The van der Waals surface area contributed by atoms with E-state index in [2.05, 4.69) is 29.6 Å². The Labute approximate surface area is 174 Å². The van der Waals surface area contributed by atoms with Crippen LogP contribution < -0.4 is 15.8 Å². The lowest BCUT2D eigenvalue weighted by atomic mass is 10.1. The Morgan fingerprint density at radius 3 is 1.79 bits per heavy atom. The Morgan fingerprint density at radius 2 is 1.32 bits per heavy atom. The van der Waals surface area contributed by atoms with Crippen molar-refractivity contribution in [1.82, 2.24) is 10.9 Å². The van der Waals surface area contributed by atoms with E-state index in [-0.39, 0.29) is 11.8 Å². The minimum absolute atomic E-state index is 0.327. The molecule has 2 amide bonds. The molecular formula is C21H25N3O2S2. The van der Waals surface area contributed by atoms with Crippen LogP contribution in [0.1, 0.15) is 44.7 Å². The van der Waals surface area contributed by atoms with Crippen LogP contribution in [0.2, 0.25) is 0 Å². The van der Waals surface area contributed by atoms with Crippen LogP contribution in [-0.4, -0.2) is 36.4 Å². The molecule has 0 saturated carbocycles. The average Bonchev–Trinajstić information content (AvgIpc) is 3.28. The summed E-state index contributed by atoms with van der Waals surface area (Å²) in [7, 11) is 0. The molecule has 148 valence electrons. The minimum atomic E-state index is -0.338. The normalized spacial score (nSPS) is 13.9. The van der Waals surface area contributed by atoms with E-state index in [4.69, 9.17) is 0 Å². The van der Waals surface area contributed by atoms with Crippen LogP contribution in [0, 0.1) is 0 Å². The second-order valence-corrected chi connectivity index (χ2v) is 9.05. The first-order valence-electron chi connectivity index (χ1n) is 9.41. The van der Waals surface area contributed by atoms with Crippen molar-refractivity contribution in [2.24, 2.45) is 0 Å². The van der Waals surface area contributed by atoms with Crippen LogP contribution in [-0.2, 0) is 0 Å². The third kappa shape index (κ3) is 5.02. The monoisotopic (exact) mass is 415 g/mol. The summed E-state index contributed by atoms with van der Waals surface area (Å²) in [4.78, 5) is 26.8. The molecule has 1 heterocycles. The molecule has 3 rings (SSSR count). The van der Waals surface area contributed by atoms with Gasteiger partial charge in [-0.3, -0.25) is 20.4 Å². The molecule has 0 bridgehead atoms. The van der Waals surface area contributed by atoms with Gasteiger partial charge >= 0.3 is 0 Å². The lowest BCUT2D eigenvalue weighted by molar-refractivity contribution is 0.0846. The predicted molar refractivity (Wildman–Crippen MR) is 119 cm³/mol. The van der Waals surface area contributed by atoms with Gasteiger partial charge in [0.25, 0.3) is 11.8 Å². The number of hydrogen-bond donors (Lipinski definition) is 2. The van der Waals surface area contributed by atoms with Crippen molar-refractivity contribution in [3.8, 4) is 0 Å². The average molecular weight is 416 g/mol. The smallest absolute Gasteiger partial charge is 0.269 e. The number of rotatable bonds is 6. The van der Waals surface area contributed by atoms with Crippen LogP contribution in [0.25, 0.3) is 0 Å². The minimum Gasteiger partial charge on any atom is -0.372 e. The van der Waals surface area contributed by atoms with Gasteiger partial charge < -0.3 is 4.90 Å². The third-order valence-electron chi connectivity index (χ3n) is 4.61. The van der Waals surface area contributed by atoms with Crippen molar-refractivity contribution in [3.05, 3.63) is 65.2 Å². The van der Waals surface area contributed by atoms with Gasteiger partial charge in [0.1, 0.15) is 0 Å². The SMILES string of the molecule is CCN(CC)c1ccc(C(=O)NNC(=O)c2ccc(C3SCCS3)cc2)cc1. The summed E-state index contributed by atoms with van der Waals surface area (Å²) >= 11 is 3.86. The van der Waals surface area contributed by atoms with Gasteiger partial charge in [-0.25, -0.2) is 0 Å². The van der Waals surface area contributed by atoms with Crippen LogP contribution >= 0.6 is 23.5 Å². The van der Waals surface area contributed by atoms with Gasteiger partial charge in [0.2, 0.25) is 0 Å². The van der Waals surface area contributed by atoms with Gasteiger partial charge in [-0.05, 0) is 55.8 Å². The predicted octanol–water partition coefficient (Wildman–Crippen LogP) is 4.09. The Balaban J connectivity index is 1.54. The Kier molecular flexibility index (Phi) is 7.28. The number of nitrogens with one attached hydrogen (secondary N) is 2. The lowest BCUT2D eigenvalue weighted by Gasteiger charge is -2.21. The number of thioether (sulfide) groups is 2. The van der Waals surface area contributed by atoms with Gasteiger partial charge in [0.05, 0.1) is 4.58 Å². The number of hydrazine groups is 1. The second kappa shape index (κ2) is 9.89. The zero-order chi connectivity index (χ0) is 19.9. The maximum Gasteiger partial charge on any atom is 0.269 e. The van der Waals surface area contributed by atoms with Crippen molar-refractivity contribution in [3.63, 3.8) is 0 Å². The maximum atomic E-state index is 12.3. The second-order valence-electron chi connectivity index (χ2n) is 6.32. The fourth-order valence-electron chi connectivity index (χ4n) is 3.01. The Hall–Kier alpha value is -2.12. The fourth-order valence-corrected chi connectivity index (χ4v) is 5.87. The maximum absolute atomic E-state index is 12.3. The largest absolute Gasteiger partial charge is 0.372 e. The van der Waals surface area contributed by atoms with Gasteiger partial charge in [0, 0.05) is 41.4 Å². The van der Waals surface area contributed by atoms with E-state index in [9.17, 15) is 9.59 Å². The number of amides is 2. The van der Waals surface area contributed by atoms with Crippen LogP contribution in [0.5, 0.6) is 0 Å². The Morgan fingerprint density at radius 1 is 0.857 bits per heavy atom. The Bertz CT molecular complexity index is 742. The fraction of sp³-hybridized carbons (Fsp3) is 0.333. The molecule has 0 aromatic heterocycles. The molecule has 7 heteroatoms. The first kappa shape index (κ1) is 20.6. The molecule has 0 spiro atoms. The number of nitrogens with zero attached hydrogens (tertiary/aromatic N) is 1. The van der Waals surface area contributed by atoms with Crippen LogP contribution in [0.3, 0.4) is 0 Å². The van der Waals surface area contributed by atoms with E-state index >= 15 is 0 Å². The van der Waals surface area contributed by atoms with Crippen molar-refractivity contribution in [1.29, 1.82) is 0 Å². The highest BCUT2D eigenvalue weighted by Crippen LogP contribution is 2.45. The molecule has 2 N–H and O–H groups in total. The molecule has 2 aromatic rings. The summed E-state index contributed by atoms with van der Waals surface area (Å²) in [5.74, 6) is 1.67. The molecule has 1 saturated heterocycles. The van der Waals surface area contributed by atoms with Crippen LogP contribution in [0.4, 0.5) is 5.69 Å². The van der Waals surface area contributed by atoms with Crippen molar-refractivity contribution < 1.29 is 9.59 Å². The molecule has 1 aliphatic heterocycles. The summed E-state index contributed by atoms with van der Waals surface area (Å²) in [5.41, 5.74) is 8.29. The van der Waals surface area contributed by atoms with E-state index in [1.54, 1.807) is 24.3 Å². The van der Waals surface area contributed by atoms with Gasteiger partial charge in [-0.2, -0.15) is 0 Å². The summed E-state index contributed by atoms with van der Waals surface area (Å²) in [5, 5.41) is 0. The van der Waals surface area contributed by atoms with E-state index < -0.39 is 0 Å². The zero-order valence-electron chi connectivity index (χ0n) is 16.1. The van der Waals surface area contributed by atoms with Crippen molar-refractivity contribution in [2.45, 2.75) is 18.4 Å². The topological polar surface area (TPSA) is 61.4 Å². The zero-order valence-corrected chi connectivity index (χ0v) is 17.7. The van der Waals surface area contributed by atoms with Gasteiger partial charge in [0.15, 0.2) is 0 Å². The molecule has 0 unspecified atom stereocenters. The first-order valence-corrected chi connectivity index (χ1v) is 11.5. The number of anilines is 1. The summed E-state index contributed by atoms with van der Waals surface area (Å²) in [6.45, 7) is 6.01. The molecule has 1 aliphatic rings. The number of carbonyl (C=O) groups excluding carboxylic acids is 2. The molecule has 1 fully saturated rings. The number of hydrogen-bond acceptors (Lipinski definition) is 5. The number of carbonyl (C=O) groups is 2. The number of benzene rings is 2. The summed E-state index contributed by atoms with van der Waals surface area (Å²) in [6.07, 6.45) is 0. The van der Waals surface area contributed by atoms with Gasteiger partial charge in [-0.1, -0.05) is 12.1 Å². The lowest BCUT2D eigenvalue weighted by Crippen LogP contribution is -2.41. The molecule has 0 atom stereocenters. The molecular weight excluding hydrogens is 390 g/mol. The van der Waals surface area contributed by atoms with E-state index in [0.717, 1.165) is 18.8 Å². The van der Waals surface area contributed by atoms with E-state index in [0.29, 0.717) is 15.7 Å². The highest BCUT2D eigenvalue weighted by Gasteiger charge is 2.18. The third-order valence-corrected chi connectivity index (χ3v) is 7.72. The molecule has 28 heavy (non-hydrogen) atoms. The summed E-state index contributed by atoms with van der Waals surface area (Å²) < 4.78 is 0.455. The first-order chi connectivity index (χ1) is 13.6.